The van der Waals surface area contributed by atoms with Crippen LogP contribution in [0.1, 0.15) is 33.3 Å². The SMILES string of the molecule is CCc1ccc(N(Cc2cccs2)C(=O)c2cccc(C)c2)cc1. The van der Waals surface area contributed by atoms with E-state index in [0.717, 1.165) is 23.2 Å². The van der Waals surface area contributed by atoms with E-state index in [2.05, 4.69) is 25.1 Å². The van der Waals surface area contributed by atoms with Gasteiger partial charge >= 0.3 is 0 Å². The molecule has 0 radical (unpaired) electrons. The first-order valence-corrected chi connectivity index (χ1v) is 9.05. The highest BCUT2D eigenvalue weighted by atomic mass is 32.1. The number of thiophene rings is 1. The minimum atomic E-state index is 0.0383. The molecule has 3 rings (SSSR count). The van der Waals surface area contributed by atoms with Gasteiger partial charge in [0.2, 0.25) is 0 Å². The van der Waals surface area contributed by atoms with Crippen molar-refractivity contribution in [1.29, 1.82) is 0 Å². The summed E-state index contributed by atoms with van der Waals surface area (Å²) in [5.74, 6) is 0.0383. The molecule has 0 saturated carbocycles. The lowest BCUT2D eigenvalue weighted by Gasteiger charge is -2.23. The minimum Gasteiger partial charge on any atom is -0.303 e. The fraction of sp³-hybridized carbons (Fsp3) is 0.190. The van der Waals surface area contributed by atoms with E-state index in [1.54, 1.807) is 11.3 Å². The molecule has 0 saturated heterocycles. The van der Waals surface area contributed by atoms with E-state index in [1.807, 2.05) is 59.7 Å². The summed E-state index contributed by atoms with van der Waals surface area (Å²) in [6, 6.07) is 20.2. The van der Waals surface area contributed by atoms with Gasteiger partial charge in [-0.05, 0) is 54.6 Å². The van der Waals surface area contributed by atoms with Crippen molar-refractivity contribution in [3.63, 3.8) is 0 Å². The number of hydrogen-bond donors (Lipinski definition) is 0. The summed E-state index contributed by atoms with van der Waals surface area (Å²) in [4.78, 5) is 16.1. The molecule has 2 nitrogen and oxygen atoms in total. The van der Waals surface area contributed by atoms with Gasteiger partial charge in [-0.15, -0.1) is 11.3 Å². The second-order valence-corrected chi connectivity index (χ2v) is 6.89. The van der Waals surface area contributed by atoms with Crippen LogP contribution in [0.2, 0.25) is 0 Å². The number of rotatable bonds is 5. The lowest BCUT2D eigenvalue weighted by molar-refractivity contribution is 0.0985. The number of amides is 1. The predicted octanol–water partition coefficient (Wildman–Crippen LogP) is 5.47. The predicted molar refractivity (Wildman–Crippen MR) is 102 cm³/mol. The monoisotopic (exact) mass is 335 g/mol. The molecule has 1 heterocycles. The zero-order valence-electron chi connectivity index (χ0n) is 14.0. The molecule has 3 heteroatoms. The van der Waals surface area contributed by atoms with E-state index < -0.39 is 0 Å². The van der Waals surface area contributed by atoms with E-state index in [9.17, 15) is 4.79 Å². The Labute approximate surface area is 147 Å². The van der Waals surface area contributed by atoms with Crippen LogP contribution in [0.4, 0.5) is 5.69 Å². The van der Waals surface area contributed by atoms with Gasteiger partial charge in [0, 0.05) is 16.1 Å². The van der Waals surface area contributed by atoms with Crippen molar-refractivity contribution >= 4 is 22.9 Å². The third-order valence-corrected chi connectivity index (χ3v) is 4.92. The summed E-state index contributed by atoms with van der Waals surface area (Å²) in [5, 5.41) is 2.05. The molecule has 24 heavy (non-hydrogen) atoms. The summed E-state index contributed by atoms with van der Waals surface area (Å²) in [6.07, 6.45) is 0.997. The number of hydrogen-bond acceptors (Lipinski definition) is 2. The highest BCUT2D eigenvalue weighted by Crippen LogP contribution is 2.23. The number of nitrogens with zero attached hydrogens (tertiary/aromatic N) is 1. The molecule has 0 atom stereocenters. The first-order valence-electron chi connectivity index (χ1n) is 8.17. The molecule has 0 aliphatic rings. The summed E-state index contributed by atoms with van der Waals surface area (Å²) in [5.41, 5.74) is 4.04. The topological polar surface area (TPSA) is 20.3 Å². The number of benzene rings is 2. The van der Waals surface area contributed by atoms with Gasteiger partial charge in [-0.1, -0.05) is 42.8 Å². The van der Waals surface area contributed by atoms with Crippen LogP contribution >= 0.6 is 11.3 Å². The Morgan fingerprint density at radius 3 is 2.46 bits per heavy atom. The van der Waals surface area contributed by atoms with Gasteiger partial charge in [-0.2, -0.15) is 0 Å². The lowest BCUT2D eigenvalue weighted by atomic mass is 10.1. The largest absolute Gasteiger partial charge is 0.303 e. The summed E-state index contributed by atoms with van der Waals surface area (Å²) < 4.78 is 0. The Kier molecular flexibility index (Phi) is 5.11. The van der Waals surface area contributed by atoms with Crippen molar-refractivity contribution < 1.29 is 4.79 Å². The molecule has 0 N–H and O–H groups in total. The normalized spacial score (nSPS) is 10.6. The first kappa shape index (κ1) is 16.5. The fourth-order valence-corrected chi connectivity index (χ4v) is 3.38. The molecular weight excluding hydrogens is 314 g/mol. The molecule has 122 valence electrons. The number of carbonyl (C=O) groups is 1. The molecule has 2 aromatic carbocycles. The Morgan fingerprint density at radius 2 is 1.83 bits per heavy atom. The van der Waals surface area contributed by atoms with Crippen molar-refractivity contribution in [3.05, 3.63) is 87.6 Å². The molecule has 1 aromatic heterocycles. The van der Waals surface area contributed by atoms with Crippen LogP contribution in [0.25, 0.3) is 0 Å². The van der Waals surface area contributed by atoms with E-state index in [-0.39, 0.29) is 5.91 Å². The Bertz CT molecular complexity index is 806. The van der Waals surface area contributed by atoms with Gasteiger partial charge in [0.25, 0.3) is 5.91 Å². The lowest BCUT2D eigenvalue weighted by Crippen LogP contribution is -2.30. The van der Waals surface area contributed by atoms with Crippen LogP contribution in [0, 0.1) is 6.92 Å². The molecule has 0 unspecified atom stereocenters. The second-order valence-electron chi connectivity index (χ2n) is 5.86. The van der Waals surface area contributed by atoms with Crippen LogP contribution in [-0.4, -0.2) is 5.91 Å². The van der Waals surface area contributed by atoms with Gasteiger partial charge in [-0.3, -0.25) is 4.79 Å². The van der Waals surface area contributed by atoms with E-state index >= 15 is 0 Å². The second kappa shape index (κ2) is 7.45. The molecule has 0 spiro atoms. The van der Waals surface area contributed by atoms with Gasteiger partial charge in [0.05, 0.1) is 6.54 Å². The van der Waals surface area contributed by atoms with Gasteiger partial charge < -0.3 is 4.90 Å². The molecule has 0 bridgehead atoms. The maximum atomic E-state index is 13.1. The van der Waals surface area contributed by atoms with E-state index in [4.69, 9.17) is 0 Å². The van der Waals surface area contributed by atoms with Gasteiger partial charge in [0.15, 0.2) is 0 Å². The Hall–Kier alpha value is -2.39. The maximum absolute atomic E-state index is 13.1. The molecule has 0 aliphatic heterocycles. The third-order valence-electron chi connectivity index (χ3n) is 4.06. The zero-order chi connectivity index (χ0) is 16.9. The van der Waals surface area contributed by atoms with E-state index in [0.29, 0.717) is 6.54 Å². The highest BCUT2D eigenvalue weighted by Gasteiger charge is 2.18. The van der Waals surface area contributed by atoms with Crippen LogP contribution in [0.3, 0.4) is 0 Å². The van der Waals surface area contributed by atoms with Crippen LogP contribution in [-0.2, 0) is 13.0 Å². The fourth-order valence-electron chi connectivity index (χ4n) is 2.68. The molecular formula is C21H21NOS. The highest BCUT2D eigenvalue weighted by molar-refractivity contribution is 7.09. The van der Waals surface area contributed by atoms with Crippen LogP contribution < -0.4 is 4.90 Å². The van der Waals surface area contributed by atoms with Crippen molar-refractivity contribution in [2.75, 3.05) is 4.90 Å². The Balaban J connectivity index is 1.95. The molecule has 1 amide bonds. The van der Waals surface area contributed by atoms with Gasteiger partial charge in [0.1, 0.15) is 0 Å². The van der Waals surface area contributed by atoms with Crippen molar-refractivity contribution in [1.82, 2.24) is 0 Å². The molecule has 0 aliphatic carbocycles. The molecule has 3 aromatic rings. The number of anilines is 1. The summed E-state index contributed by atoms with van der Waals surface area (Å²) >= 11 is 1.68. The zero-order valence-corrected chi connectivity index (χ0v) is 14.8. The smallest absolute Gasteiger partial charge is 0.258 e. The average Bonchev–Trinajstić information content (AvgIpc) is 3.12. The van der Waals surface area contributed by atoms with Crippen molar-refractivity contribution in [2.24, 2.45) is 0 Å². The quantitative estimate of drug-likeness (QED) is 0.606. The minimum absolute atomic E-state index is 0.0383. The number of carbonyl (C=O) groups excluding carboxylic acids is 1. The van der Waals surface area contributed by atoms with Crippen LogP contribution in [0.5, 0.6) is 0 Å². The van der Waals surface area contributed by atoms with E-state index in [1.165, 1.54) is 10.4 Å². The summed E-state index contributed by atoms with van der Waals surface area (Å²) in [7, 11) is 0. The third kappa shape index (κ3) is 3.74. The van der Waals surface area contributed by atoms with Crippen LogP contribution in [0.15, 0.2) is 66.0 Å². The van der Waals surface area contributed by atoms with Gasteiger partial charge in [-0.25, -0.2) is 0 Å². The Morgan fingerprint density at radius 1 is 1.04 bits per heavy atom. The number of aryl methyl sites for hydroxylation is 2. The standard InChI is InChI=1S/C21H21NOS/c1-3-17-9-11-19(12-10-17)22(15-20-8-5-13-24-20)21(23)18-7-4-6-16(2)14-18/h4-14H,3,15H2,1-2H3. The van der Waals surface area contributed by atoms with Crippen molar-refractivity contribution in [3.8, 4) is 0 Å². The maximum Gasteiger partial charge on any atom is 0.258 e. The van der Waals surface area contributed by atoms with Crippen molar-refractivity contribution in [2.45, 2.75) is 26.8 Å². The summed E-state index contributed by atoms with van der Waals surface area (Å²) in [6.45, 7) is 4.74. The molecule has 0 fully saturated rings. The first-order chi connectivity index (χ1) is 11.7. The average molecular weight is 335 g/mol.